The zero-order valence-electron chi connectivity index (χ0n) is 12.4. The van der Waals surface area contributed by atoms with E-state index in [0.717, 1.165) is 25.0 Å². The fourth-order valence-corrected chi connectivity index (χ4v) is 2.77. The van der Waals surface area contributed by atoms with E-state index < -0.39 is 0 Å². The standard InChI is InChI=1S/C18H19N3S/c22-18(19-13-14-7-2-1-3-8-14)21-20-17-12-6-10-15-9-4-5-11-16(15)17/h1-5,7-9,11H,6,10,12-13H2,(H2,19,21,22)/b20-17+. The van der Waals surface area contributed by atoms with Crippen LogP contribution < -0.4 is 10.7 Å². The molecule has 0 aromatic heterocycles. The van der Waals surface area contributed by atoms with Crippen molar-refractivity contribution >= 4 is 23.0 Å². The van der Waals surface area contributed by atoms with Crippen LogP contribution in [-0.4, -0.2) is 10.8 Å². The molecule has 1 aliphatic carbocycles. The number of rotatable bonds is 3. The first-order valence-corrected chi connectivity index (χ1v) is 7.96. The summed E-state index contributed by atoms with van der Waals surface area (Å²) in [6, 6.07) is 18.6. The summed E-state index contributed by atoms with van der Waals surface area (Å²) in [4.78, 5) is 0. The number of hydrogen-bond acceptors (Lipinski definition) is 2. The van der Waals surface area contributed by atoms with Crippen LogP contribution in [0.4, 0.5) is 0 Å². The Morgan fingerprint density at radius 2 is 1.77 bits per heavy atom. The van der Waals surface area contributed by atoms with E-state index >= 15 is 0 Å². The average Bonchev–Trinajstić information content (AvgIpc) is 2.59. The number of nitrogens with one attached hydrogen (secondary N) is 2. The number of aryl methyl sites for hydroxylation is 1. The van der Waals surface area contributed by atoms with Crippen molar-refractivity contribution in [1.82, 2.24) is 10.7 Å². The van der Waals surface area contributed by atoms with Gasteiger partial charge in [0.1, 0.15) is 0 Å². The van der Waals surface area contributed by atoms with Gasteiger partial charge >= 0.3 is 0 Å². The molecule has 0 radical (unpaired) electrons. The topological polar surface area (TPSA) is 36.4 Å². The highest BCUT2D eigenvalue weighted by molar-refractivity contribution is 7.80. The number of fused-ring (bicyclic) bond motifs is 1. The maximum absolute atomic E-state index is 5.29. The summed E-state index contributed by atoms with van der Waals surface area (Å²) in [7, 11) is 0. The Kier molecular flexibility index (Phi) is 4.81. The Labute approximate surface area is 136 Å². The molecule has 0 saturated carbocycles. The van der Waals surface area contributed by atoms with Crippen LogP contribution in [0.25, 0.3) is 0 Å². The molecule has 1 aliphatic rings. The van der Waals surface area contributed by atoms with Crippen LogP contribution >= 0.6 is 12.2 Å². The molecule has 3 rings (SSSR count). The predicted molar refractivity (Wildman–Crippen MR) is 94.9 cm³/mol. The van der Waals surface area contributed by atoms with Gasteiger partial charge in [0.15, 0.2) is 5.11 Å². The van der Waals surface area contributed by atoms with E-state index in [9.17, 15) is 0 Å². The highest BCUT2D eigenvalue weighted by Gasteiger charge is 2.14. The molecule has 0 unspecified atom stereocenters. The molecule has 2 aromatic carbocycles. The first kappa shape index (κ1) is 14.7. The fraction of sp³-hybridized carbons (Fsp3) is 0.222. The molecule has 112 valence electrons. The summed E-state index contributed by atoms with van der Waals surface area (Å²) in [6.07, 6.45) is 3.26. The molecule has 0 heterocycles. The van der Waals surface area contributed by atoms with Crippen LogP contribution in [0, 0.1) is 0 Å². The van der Waals surface area contributed by atoms with Gasteiger partial charge in [-0.05, 0) is 42.6 Å². The van der Waals surface area contributed by atoms with Crippen LogP contribution in [0.5, 0.6) is 0 Å². The summed E-state index contributed by atoms with van der Waals surface area (Å²) in [5.74, 6) is 0. The SMILES string of the molecule is S=C(NCc1ccccc1)N/N=C1\CCCc2ccccc21. The molecule has 0 saturated heterocycles. The summed E-state index contributed by atoms with van der Waals surface area (Å²) in [5, 5.41) is 8.23. The zero-order valence-corrected chi connectivity index (χ0v) is 13.2. The second-order valence-electron chi connectivity index (χ2n) is 5.35. The molecule has 4 heteroatoms. The van der Waals surface area contributed by atoms with Crippen molar-refractivity contribution in [3.8, 4) is 0 Å². The Morgan fingerprint density at radius 3 is 2.64 bits per heavy atom. The molecule has 0 fully saturated rings. The third-order valence-electron chi connectivity index (χ3n) is 3.78. The lowest BCUT2D eigenvalue weighted by atomic mass is 9.90. The van der Waals surface area contributed by atoms with Crippen LogP contribution in [0.3, 0.4) is 0 Å². The van der Waals surface area contributed by atoms with Crippen LogP contribution in [0.2, 0.25) is 0 Å². The van der Waals surface area contributed by atoms with E-state index in [1.165, 1.54) is 16.7 Å². The second kappa shape index (κ2) is 7.18. The van der Waals surface area contributed by atoms with Gasteiger partial charge in [-0.25, -0.2) is 0 Å². The first-order chi connectivity index (χ1) is 10.8. The number of hydrogen-bond donors (Lipinski definition) is 2. The molecule has 2 N–H and O–H groups in total. The lowest BCUT2D eigenvalue weighted by Crippen LogP contribution is -2.32. The highest BCUT2D eigenvalue weighted by Crippen LogP contribution is 2.21. The fourth-order valence-electron chi connectivity index (χ4n) is 2.65. The molecular weight excluding hydrogens is 290 g/mol. The third-order valence-corrected chi connectivity index (χ3v) is 4.01. The lowest BCUT2D eigenvalue weighted by molar-refractivity contribution is 0.818. The molecule has 3 nitrogen and oxygen atoms in total. The van der Waals surface area contributed by atoms with E-state index in [1.807, 2.05) is 18.2 Å². The Balaban J connectivity index is 1.59. The largest absolute Gasteiger partial charge is 0.357 e. The molecular formula is C18H19N3S. The number of hydrazone groups is 1. The smallest absolute Gasteiger partial charge is 0.187 e. The number of thiocarbonyl (C=S) groups is 1. The highest BCUT2D eigenvalue weighted by atomic mass is 32.1. The Hall–Kier alpha value is -2.20. The van der Waals surface area contributed by atoms with E-state index in [0.29, 0.717) is 11.7 Å². The Morgan fingerprint density at radius 1 is 1.00 bits per heavy atom. The van der Waals surface area contributed by atoms with Crippen molar-refractivity contribution < 1.29 is 0 Å². The quantitative estimate of drug-likeness (QED) is 0.674. The second-order valence-corrected chi connectivity index (χ2v) is 5.76. The van der Waals surface area contributed by atoms with E-state index in [4.69, 9.17) is 12.2 Å². The van der Waals surface area contributed by atoms with Gasteiger partial charge < -0.3 is 5.32 Å². The van der Waals surface area contributed by atoms with E-state index in [2.05, 4.69) is 52.2 Å². The van der Waals surface area contributed by atoms with Crippen LogP contribution in [0.1, 0.15) is 29.5 Å². The van der Waals surface area contributed by atoms with Crippen molar-refractivity contribution in [1.29, 1.82) is 0 Å². The lowest BCUT2D eigenvalue weighted by Gasteiger charge is -2.17. The molecule has 2 aromatic rings. The van der Waals surface area contributed by atoms with Gasteiger partial charge in [-0.2, -0.15) is 5.10 Å². The van der Waals surface area contributed by atoms with E-state index in [-0.39, 0.29) is 0 Å². The van der Waals surface area contributed by atoms with Gasteiger partial charge in [-0.15, -0.1) is 0 Å². The molecule has 22 heavy (non-hydrogen) atoms. The minimum Gasteiger partial charge on any atom is -0.357 e. The summed E-state index contributed by atoms with van der Waals surface area (Å²) in [5.41, 5.74) is 7.87. The molecule has 0 bridgehead atoms. The van der Waals surface area contributed by atoms with Gasteiger partial charge in [0.2, 0.25) is 0 Å². The van der Waals surface area contributed by atoms with Crippen LogP contribution in [0.15, 0.2) is 59.7 Å². The molecule has 0 amide bonds. The average molecular weight is 309 g/mol. The van der Waals surface area contributed by atoms with Gasteiger partial charge in [0, 0.05) is 12.1 Å². The van der Waals surface area contributed by atoms with Crippen molar-refractivity contribution in [3.05, 3.63) is 71.3 Å². The van der Waals surface area contributed by atoms with Crippen LogP contribution in [-0.2, 0) is 13.0 Å². The summed E-state index contributed by atoms with van der Waals surface area (Å²) >= 11 is 5.29. The first-order valence-electron chi connectivity index (χ1n) is 7.55. The maximum Gasteiger partial charge on any atom is 0.187 e. The maximum atomic E-state index is 5.29. The van der Waals surface area contributed by atoms with Crippen molar-refractivity contribution in [2.24, 2.45) is 5.10 Å². The van der Waals surface area contributed by atoms with Gasteiger partial charge in [-0.3, -0.25) is 5.43 Å². The van der Waals surface area contributed by atoms with Crippen molar-refractivity contribution in [3.63, 3.8) is 0 Å². The summed E-state index contributed by atoms with van der Waals surface area (Å²) < 4.78 is 0. The normalized spacial score (nSPS) is 15.2. The van der Waals surface area contributed by atoms with Gasteiger partial charge in [0.05, 0.1) is 5.71 Å². The van der Waals surface area contributed by atoms with Gasteiger partial charge in [-0.1, -0.05) is 54.6 Å². The third kappa shape index (κ3) is 3.71. The monoisotopic (exact) mass is 309 g/mol. The minimum absolute atomic E-state index is 0.555. The number of benzene rings is 2. The molecule has 0 spiro atoms. The number of nitrogens with zero attached hydrogens (tertiary/aromatic N) is 1. The predicted octanol–water partition coefficient (Wildman–Crippen LogP) is 3.39. The van der Waals surface area contributed by atoms with Crippen molar-refractivity contribution in [2.75, 3.05) is 0 Å². The van der Waals surface area contributed by atoms with E-state index in [1.54, 1.807) is 0 Å². The zero-order chi connectivity index (χ0) is 15.2. The van der Waals surface area contributed by atoms with Crippen molar-refractivity contribution in [2.45, 2.75) is 25.8 Å². The Bertz CT molecular complexity index is 680. The molecule has 0 aliphatic heterocycles. The van der Waals surface area contributed by atoms with Gasteiger partial charge in [0.25, 0.3) is 0 Å². The molecule has 0 atom stereocenters. The minimum atomic E-state index is 0.555. The summed E-state index contributed by atoms with van der Waals surface area (Å²) in [6.45, 7) is 0.702.